The summed E-state index contributed by atoms with van der Waals surface area (Å²) in [5.41, 5.74) is 1.52. The van der Waals surface area contributed by atoms with Crippen LogP contribution in [-0.2, 0) is 48.2 Å². The van der Waals surface area contributed by atoms with Gasteiger partial charge in [-0.25, -0.2) is 34.1 Å². The largest absolute Gasteiger partial charge is 0.506 e. The minimum Gasteiger partial charge on any atom is -0.506 e. The Kier molecular flexibility index (Phi) is 21.0. The van der Waals surface area contributed by atoms with Crippen LogP contribution in [0.15, 0.2) is 170 Å². The Labute approximate surface area is 449 Å². The maximum atomic E-state index is 12.9. The van der Waals surface area contributed by atoms with Crippen molar-refractivity contribution in [3.63, 3.8) is 0 Å². The van der Waals surface area contributed by atoms with E-state index in [-0.39, 0.29) is 62.1 Å². The Morgan fingerprint density at radius 2 is 0.859 bits per heavy atom. The van der Waals surface area contributed by atoms with E-state index in [0.717, 1.165) is 16.7 Å². The topological polar surface area (TPSA) is 260 Å². The lowest BCUT2D eigenvalue weighted by atomic mass is 10.1. The summed E-state index contributed by atoms with van der Waals surface area (Å²) in [6.45, 7) is 8.38. The molecule has 0 aliphatic rings. The molecular formula is C57H53ClN6O14. The molecule has 0 fully saturated rings. The van der Waals surface area contributed by atoms with Gasteiger partial charge < -0.3 is 28.5 Å². The number of pyridine rings is 5. The second-order valence-corrected chi connectivity index (χ2v) is 16.6. The molecule has 402 valence electrons. The van der Waals surface area contributed by atoms with Gasteiger partial charge in [0, 0.05) is 24.0 Å². The van der Waals surface area contributed by atoms with Crippen LogP contribution in [0.2, 0.25) is 5.02 Å². The zero-order chi connectivity index (χ0) is 56.1. The molecule has 6 heterocycles. The third-order valence-corrected chi connectivity index (χ3v) is 11.4. The number of hydrogen-bond donors (Lipinski definition) is 1. The maximum Gasteiger partial charge on any atom is 0.423 e. The van der Waals surface area contributed by atoms with E-state index in [1.165, 1.54) is 19.9 Å². The monoisotopic (exact) mass is 1080 g/mol. The number of nitrogens with zero attached hydrogens (tertiary/aromatic N) is 6. The number of aromatic hydroxyl groups is 1. The van der Waals surface area contributed by atoms with E-state index in [2.05, 4.69) is 24.4 Å². The smallest absolute Gasteiger partial charge is 0.423 e. The Balaban J connectivity index is 0.000000174. The lowest BCUT2D eigenvalue weighted by Gasteiger charge is -2.13. The Bertz CT molecular complexity index is 3620. The van der Waals surface area contributed by atoms with Gasteiger partial charge in [0.2, 0.25) is 0 Å². The summed E-state index contributed by atoms with van der Waals surface area (Å²) in [7, 11) is 0. The van der Waals surface area contributed by atoms with Gasteiger partial charge in [-0.1, -0.05) is 103 Å². The van der Waals surface area contributed by atoms with Crippen molar-refractivity contribution in [1.29, 1.82) is 0 Å². The third-order valence-electron chi connectivity index (χ3n) is 11.0. The SMILES string of the molecule is CCOC(=O)CC(=O)OCC.CCOC(=O)c1c(Cl)c2cccnc2n(Cc2ccccc2)c1=O.CCOC(=O)c1c(O)c2cccnc2n(Cc2ccccc2)c1=O.O=c1oc(=O)n(Cc2ccccc2)c2ncccc12. The van der Waals surface area contributed by atoms with Crippen molar-refractivity contribution in [2.24, 2.45) is 0 Å². The fraction of sp³-hybridized carbons (Fsp3) is 0.211. The van der Waals surface area contributed by atoms with Gasteiger partial charge in [0.15, 0.2) is 11.2 Å². The highest BCUT2D eigenvalue weighted by Gasteiger charge is 2.25. The highest BCUT2D eigenvalue weighted by Crippen LogP contribution is 2.27. The molecule has 0 bridgehead atoms. The molecule has 0 spiro atoms. The molecular weight excluding hydrogens is 1030 g/mol. The van der Waals surface area contributed by atoms with Crippen LogP contribution in [0.4, 0.5) is 0 Å². The number of rotatable bonds is 14. The van der Waals surface area contributed by atoms with Gasteiger partial charge in [-0.05, 0) is 80.8 Å². The average Bonchev–Trinajstić information content (AvgIpc) is 3.45. The highest BCUT2D eigenvalue weighted by atomic mass is 35.5. The van der Waals surface area contributed by atoms with Gasteiger partial charge in [-0.15, -0.1) is 0 Å². The molecule has 0 atom stereocenters. The first-order valence-electron chi connectivity index (χ1n) is 24.4. The first kappa shape index (κ1) is 57.7. The van der Waals surface area contributed by atoms with E-state index in [9.17, 15) is 43.5 Å². The molecule has 1 N–H and O–H groups in total. The van der Waals surface area contributed by atoms with Gasteiger partial charge in [0.05, 0.1) is 56.5 Å². The highest BCUT2D eigenvalue weighted by molar-refractivity contribution is 6.38. The molecule has 78 heavy (non-hydrogen) atoms. The number of ether oxygens (including phenoxy) is 4. The maximum absolute atomic E-state index is 12.9. The Morgan fingerprint density at radius 3 is 1.31 bits per heavy atom. The second-order valence-electron chi connectivity index (χ2n) is 16.2. The van der Waals surface area contributed by atoms with Gasteiger partial charge in [-0.3, -0.25) is 32.9 Å². The van der Waals surface area contributed by atoms with Gasteiger partial charge in [-0.2, -0.15) is 0 Å². The number of aromatic nitrogens is 6. The summed E-state index contributed by atoms with van der Waals surface area (Å²) in [5.74, 6) is -3.73. The summed E-state index contributed by atoms with van der Waals surface area (Å²) in [6, 6.07) is 38.2. The predicted molar refractivity (Wildman–Crippen MR) is 290 cm³/mol. The standard InChI is InChI=1S/C18H15ClN2O3.C18H16N2O4.C14H10N2O3.C7H12O4/c1-2-24-18(23)14-15(19)13-9-6-10-20-16(13)21(17(14)22)11-12-7-4-3-5-8-12;1-2-24-18(23)14-15(21)13-9-6-10-19-16(13)20(17(14)22)11-12-7-4-3-5-8-12;17-13-11-7-4-8-15-12(11)16(14(18)19-13)9-10-5-2-1-3-6-10;1-3-10-6(8)5-7(9)11-4-2/h3-10H,2,11H2,1H3;3-10,21H,2,11H2,1H3;1-8H,9H2;3-5H2,1-2H3. The summed E-state index contributed by atoms with van der Waals surface area (Å²) >= 11 is 6.30. The van der Waals surface area contributed by atoms with Crippen molar-refractivity contribution in [1.82, 2.24) is 28.7 Å². The van der Waals surface area contributed by atoms with Crippen molar-refractivity contribution < 1.29 is 47.6 Å². The number of fused-ring (bicyclic) bond motifs is 3. The molecule has 9 aromatic rings. The number of carbonyl (C=O) groups is 4. The molecule has 9 rings (SSSR count). The van der Waals surface area contributed by atoms with Crippen molar-refractivity contribution in [2.45, 2.75) is 53.8 Å². The minimum absolute atomic E-state index is 0.0749. The summed E-state index contributed by atoms with van der Waals surface area (Å²) < 4.78 is 27.8. The number of halogens is 1. The van der Waals surface area contributed by atoms with Crippen molar-refractivity contribution in [2.75, 3.05) is 26.4 Å². The summed E-state index contributed by atoms with van der Waals surface area (Å²) in [6.07, 6.45) is 4.38. The van der Waals surface area contributed by atoms with E-state index >= 15 is 0 Å². The Morgan fingerprint density at radius 1 is 0.487 bits per heavy atom. The van der Waals surface area contributed by atoms with E-state index in [1.807, 2.05) is 91.0 Å². The van der Waals surface area contributed by atoms with Crippen molar-refractivity contribution in [3.05, 3.63) is 221 Å². The van der Waals surface area contributed by atoms with Crippen LogP contribution in [0.5, 0.6) is 5.75 Å². The molecule has 0 unspecified atom stereocenters. The van der Waals surface area contributed by atoms with E-state index in [1.54, 1.807) is 76.5 Å². The zero-order valence-electron chi connectivity index (χ0n) is 42.8. The number of hydrogen-bond acceptors (Lipinski definition) is 17. The molecule has 20 nitrogen and oxygen atoms in total. The number of benzene rings is 3. The molecule has 0 amide bonds. The van der Waals surface area contributed by atoms with Gasteiger partial charge >= 0.3 is 35.3 Å². The molecule has 6 aromatic heterocycles. The molecule has 0 saturated heterocycles. The van der Waals surface area contributed by atoms with Gasteiger partial charge in [0.1, 0.15) is 34.4 Å². The molecule has 21 heteroatoms. The number of carbonyl (C=O) groups excluding carboxylic acids is 4. The minimum atomic E-state index is -0.840. The van der Waals surface area contributed by atoms with Crippen LogP contribution in [0.3, 0.4) is 0 Å². The van der Waals surface area contributed by atoms with E-state index in [0.29, 0.717) is 39.6 Å². The van der Waals surface area contributed by atoms with Crippen molar-refractivity contribution in [3.8, 4) is 5.75 Å². The van der Waals surface area contributed by atoms with Crippen LogP contribution in [0.1, 0.15) is 71.5 Å². The predicted octanol–water partition coefficient (Wildman–Crippen LogP) is 7.50. The molecule has 0 saturated carbocycles. The Hall–Kier alpha value is -9.56. The average molecular weight is 1080 g/mol. The van der Waals surface area contributed by atoms with E-state index < -0.39 is 52.1 Å². The van der Waals surface area contributed by atoms with Crippen LogP contribution in [0.25, 0.3) is 33.1 Å². The summed E-state index contributed by atoms with van der Waals surface area (Å²) in [5, 5.41) is 11.6. The molecule has 0 radical (unpaired) electrons. The normalized spacial score (nSPS) is 10.5. The zero-order valence-corrected chi connectivity index (χ0v) is 43.6. The molecule has 0 aliphatic heterocycles. The second kappa shape index (κ2) is 28.4. The van der Waals surface area contributed by atoms with Crippen LogP contribution in [-0.4, -0.2) is 84.1 Å². The van der Waals surface area contributed by atoms with E-state index in [4.69, 9.17) is 25.5 Å². The number of esters is 4. The fourth-order valence-electron chi connectivity index (χ4n) is 7.59. The first-order valence-corrected chi connectivity index (χ1v) is 24.7. The quantitative estimate of drug-likeness (QED) is 0.0627. The third kappa shape index (κ3) is 14.6. The molecule has 3 aromatic carbocycles. The first-order chi connectivity index (χ1) is 37.7. The fourth-order valence-corrected chi connectivity index (χ4v) is 7.90. The molecule has 0 aliphatic carbocycles. The van der Waals surface area contributed by atoms with Crippen LogP contribution in [0, 0.1) is 0 Å². The van der Waals surface area contributed by atoms with Crippen LogP contribution >= 0.6 is 11.6 Å². The lowest BCUT2D eigenvalue weighted by Crippen LogP contribution is -2.29. The summed E-state index contributed by atoms with van der Waals surface area (Å²) in [4.78, 5) is 107. The van der Waals surface area contributed by atoms with Crippen LogP contribution < -0.4 is 22.5 Å². The van der Waals surface area contributed by atoms with Crippen molar-refractivity contribution >= 4 is 68.6 Å². The van der Waals surface area contributed by atoms with Gasteiger partial charge in [0.25, 0.3) is 11.1 Å². The lowest BCUT2D eigenvalue weighted by molar-refractivity contribution is -0.153.